The van der Waals surface area contributed by atoms with Gasteiger partial charge >= 0.3 is 0 Å². The Morgan fingerprint density at radius 3 is 3.05 bits per heavy atom. The number of rotatable bonds is 2. The number of benzene rings is 1. The first-order valence-corrected chi connectivity index (χ1v) is 7.46. The molecule has 2 atom stereocenters. The number of hydrogen-bond acceptors (Lipinski definition) is 2. The topological polar surface area (TPSA) is 29.9 Å². The van der Waals surface area contributed by atoms with Crippen molar-refractivity contribution >= 4 is 22.6 Å². The second-order valence-electron chi connectivity index (χ2n) is 5.48. The van der Waals surface area contributed by atoms with Gasteiger partial charge in [0.2, 0.25) is 0 Å². The summed E-state index contributed by atoms with van der Waals surface area (Å²) >= 11 is 6.07. The van der Waals surface area contributed by atoms with E-state index in [-0.39, 0.29) is 0 Å². The standard InChI is InChI=1S/C15H20ClN3/c1-3-19-14-5-4-11(16)9-12(14)18-15(19)13-8-10(2)6-7-17-13/h4-5,9-10,13,17H,3,6-8H2,1-2H3. The van der Waals surface area contributed by atoms with Crippen molar-refractivity contribution in [2.45, 2.75) is 39.3 Å². The van der Waals surface area contributed by atoms with E-state index in [4.69, 9.17) is 16.6 Å². The summed E-state index contributed by atoms with van der Waals surface area (Å²) in [6.45, 7) is 6.52. The summed E-state index contributed by atoms with van der Waals surface area (Å²) in [6.07, 6.45) is 2.42. The molecule has 1 aliphatic heterocycles. The largest absolute Gasteiger partial charge is 0.327 e. The Morgan fingerprint density at radius 2 is 2.32 bits per heavy atom. The maximum Gasteiger partial charge on any atom is 0.127 e. The molecule has 1 aromatic heterocycles. The van der Waals surface area contributed by atoms with E-state index in [1.54, 1.807) is 0 Å². The molecule has 4 heteroatoms. The molecular weight excluding hydrogens is 258 g/mol. The number of imidazole rings is 1. The van der Waals surface area contributed by atoms with Gasteiger partial charge in [0.15, 0.2) is 0 Å². The molecule has 2 unspecified atom stereocenters. The van der Waals surface area contributed by atoms with Crippen molar-refractivity contribution in [1.82, 2.24) is 14.9 Å². The SMILES string of the molecule is CCn1c(C2CC(C)CCN2)nc2cc(Cl)ccc21. The van der Waals surface area contributed by atoms with Crippen molar-refractivity contribution in [1.29, 1.82) is 0 Å². The summed E-state index contributed by atoms with van der Waals surface area (Å²) in [4.78, 5) is 4.82. The zero-order chi connectivity index (χ0) is 13.4. The van der Waals surface area contributed by atoms with Gasteiger partial charge in [0.1, 0.15) is 5.82 Å². The monoisotopic (exact) mass is 277 g/mol. The molecule has 0 radical (unpaired) electrons. The molecule has 1 fully saturated rings. The Morgan fingerprint density at radius 1 is 1.47 bits per heavy atom. The van der Waals surface area contributed by atoms with Gasteiger partial charge in [-0.15, -0.1) is 0 Å². The molecule has 3 nitrogen and oxygen atoms in total. The highest BCUT2D eigenvalue weighted by Crippen LogP contribution is 2.29. The maximum atomic E-state index is 6.07. The second-order valence-corrected chi connectivity index (χ2v) is 5.92. The van der Waals surface area contributed by atoms with Crippen molar-refractivity contribution in [2.24, 2.45) is 5.92 Å². The number of aromatic nitrogens is 2. The third kappa shape index (κ3) is 2.37. The average molecular weight is 278 g/mol. The van der Waals surface area contributed by atoms with Crippen LogP contribution in [-0.2, 0) is 6.54 Å². The van der Waals surface area contributed by atoms with E-state index >= 15 is 0 Å². The van der Waals surface area contributed by atoms with Crippen molar-refractivity contribution in [3.05, 3.63) is 29.0 Å². The molecule has 1 saturated heterocycles. The third-order valence-electron chi connectivity index (χ3n) is 4.03. The second kappa shape index (κ2) is 5.14. The average Bonchev–Trinajstić information content (AvgIpc) is 2.76. The van der Waals surface area contributed by atoms with Gasteiger partial charge in [-0.05, 0) is 50.4 Å². The molecule has 0 bridgehead atoms. The maximum absolute atomic E-state index is 6.07. The Labute approximate surface area is 119 Å². The summed E-state index contributed by atoms with van der Waals surface area (Å²) in [5, 5.41) is 4.35. The number of piperidine rings is 1. The lowest BCUT2D eigenvalue weighted by Gasteiger charge is -2.28. The molecule has 1 N–H and O–H groups in total. The Bertz CT molecular complexity index is 590. The fraction of sp³-hybridized carbons (Fsp3) is 0.533. The first kappa shape index (κ1) is 12.9. The molecule has 0 spiro atoms. The van der Waals surface area contributed by atoms with E-state index in [2.05, 4.69) is 29.8 Å². The normalized spacial score (nSPS) is 23.9. The molecule has 1 aromatic carbocycles. The summed E-state index contributed by atoms with van der Waals surface area (Å²) in [5.74, 6) is 1.92. The molecule has 19 heavy (non-hydrogen) atoms. The highest BCUT2D eigenvalue weighted by molar-refractivity contribution is 6.31. The number of hydrogen-bond donors (Lipinski definition) is 1. The quantitative estimate of drug-likeness (QED) is 0.906. The molecule has 2 heterocycles. The molecule has 0 amide bonds. The molecule has 102 valence electrons. The van der Waals surface area contributed by atoms with Crippen LogP contribution >= 0.6 is 11.6 Å². The van der Waals surface area contributed by atoms with Crippen LogP contribution in [0.4, 0.5) is 0 Å². The van der Waals surface area contributed by atoms with Crippen molar-refractivity contribution in [3.63, 3.8) is 0 Å². The fourth-order valence-corrected chi connectivity index (χ4v) is 3.19. The third-order valence-corrected chi connectivity index (χ3v) is 4.27. The van der Waals surface area contributed by atoms with Crippen LogP contribution in [0.2, 0.25) is 5.02 Å². The molecule has 3 rings (SSSR count). The van der Waals surface area contributed by atoms with Gasteiger partial charge in [-0.1, -0.05) is 18.5 Å². The zero-order valence-corrected chi connectivity index (χ0v) is 12.2. The predicted octanol–water partition coefficient (Wildman–Crippen LogP) is 3.77. The number of fused-ring (bicyclic) bond motifs is 1. The Kier molecular flexibility index (Phi) is 3.50. The van der Waals surface area contributed by atoms with Crippen LogP contribution in [0.5, 0.6) is 0 Å². The van der Waals surface area contributed by atoms with Gasteiger partial charge in [0, 0.05) is 11.6 Å². The van der Waals surface area contributed by atoms with Crippen LogP contribution in [0, 0.1) is 5.92 Å². The highest BCUT2D eigenvalue weighted by Gasteiger charge is 2.24. The summed E-state index contributed by atoms with van der Waals surface area (Å²) in [7, 11) is 0. The van der Waals surface area contributed by atoms with E-state index in [1.165, 1.54) is 11.9 Å². The van der Waals surface area contributed by atoms with Crippen LogP contribution in [0.3, 0.4) is 0 Å². The molecule has 0 saturated carbocycles. The van der Waals surface area contributed by atoms with E-state index < -0.39 is 0 Å². The highest BCUT2D eigenvalue weighted by atomic mass is 35.5. The van der Waals surface area contributed by atoms with Gasteiger partial charge < -0.3 is 9.88 Å². The van der Waals surface area contributed by atoms with E-state index in [0.29, 0.717) is 6.04 Å². The molecule has 1 aliphatic rings. The number of nitrogens with zero attached hydrogens (tertiary/aromatic N) is 2. The van der Waals surface area contributed by atoms with Crippen molar-refractivity contribution < 1.29 is 0 Å². The van der Waals surface area contributed by atoms with Gasteiger partial charge in [-0.2, -0.15) is 0 Å². The van der Waals surface area contributed by atoms with Crippen LogP contribution in [-0.4, -0.2) is 16.1 Å². The van der Waals surface area contributed by atoms with Crippen LogP contribution in [0.1, 0.15) is 38.6 Å². The van der Waals surface area contributed by atoms with E-state index in [0.717, 1.165) is 41.8 Å². The van der Waals surface area contributed by atoms with Crippen molar-refractivity contribution in [3.8, 4) is 0 Å². The minimum atomic E-state index is 0.370. The Balaban J connectivity index is 2.06. The lowest BCUT2D eigenvalue weighted by atomic mass is 9.94. The first-order valence-electron chi connectivity index (χ1n) is 7.08. The number of halogens is 1. The number of aryl methyl sites for hydroxylation is 1. The predicted molar refractivity (Wildman–Crippen MR) is 79.6 cm³/mol. The molecule has 2 aromatic rings. The zero-order valence-electron chi connectivity index (χ0n) is 11.5. The van der Waals surface area contributed by atoms with Gasteiger partial charge in [-0.25, -0.2) is 4.98 Å². The van der Waals surface area contributed by atoms with Gasteiger partial charge in [0.05, 0.1) is 17.1 Å². The number of nitrogens with one attached hydrogen (secondary N) is 1. The lowest BCUT2D eigenvalue weighted by molar-refractivity contribution is 0.311. The smallest absolute Gasteiger partial charge is 0.127 e. The Hall–Kier alpha value is -1.06. The summed E-state index contributed by atoms with van der Waals surface area (Å²) < 4.78 is 2.31. The lowest BCUT2D eigenvalue weighted by Crippen LogP contribution is -2.32. The molecular formula is C15H20ClN3. The minimum Gasteiger partial charge on any atom is -0.327 e. The van der Waals surface area contributed by atoms with Crippen LogP contribution in [0.15, 0.2) is 18.2 Å². The fourth-order valence-electron chi connectivity index (χ4n) is 3.02. The van der Waals surface area contributed by atoms with Gasteiger partial charge in [-0.3, -0.25) is 0 Å². The van der Waals surface area contributed by atoms with Gasteiger partial charge in [0.25, 0.3) is 0 Å². The summed E-state index contributed by atoms with van der Waals surface area (Å²) in [5.41, 5.74) is 2.19. The van der Waals surface area contributed by atoms with E-state index in [1.807, 2.05) is 12.1 Å². The molecule has 0 aliphatic carbocycles. The van der Waals surface area contributed by atoms with Crippen LogP contribution in [0.25, 0.3) is 11.0 Å². The van der Waals surface area contributed by atoms with Crippen LogP contribution < -0.4 is 5.32 Å². The summed E-state index contributed by atoms with van der Waals surface area (Å²) in [6, 6.07) is 6.34. The van der Waals surface area contributed by atoms with Crippen molar-refractivity contribution in [2.75, 3.05) is 6.54 Å². The first-order chi connectivity index (χ1) is 9.19. The minimum absolute atomic E-state index is 0.370. The van der Waals surface area contributed by atoms with E-state index in [9.17, 15) is 0 Å².